The number of aromatic nitrogens is 1. The summed E-state index contributed by atoms with van der Waals surface area (Å²) in [5.74, 6) is -2.19. The highest BCUT2D eigenvalue weighted by Crippen LogP contribution is 2.46. The van der Waals surface area contributed by atoms with Crippen molar-refractivity contribution in [3.63, 3.8) is 0 Å². The molecule has 3 fully saturated rings. The van der Waals surface area contributed by atoms with E-state index in [9.17, 15) is 20.4 Å². The van der Waals surface area contributed by atoms with Crippen molar-refractivity contribution in [1.29, 1.82) is 0 Å². The van der Waals surface area contributed by atoms with Crippen LogP contribution >= 0.6 is 0 Å². The highest BCUT2D eigenvalue weighted by Gasteiger charge is 2.68. The van der Waals surface area contributed by atoms with Crippen molar-refractivity contribution < 1.29 is 34.6 Å². The lowest BCUT2D eigenvalue weighted by Gasteiger charge is -2.60. The van der Waals surface area contributed by atoms with Crippen LogP contribution in [0.3, 0.4) is 0 Å². The van der Waals surface area contributed by atoms with E-state index in [1.807, 2.05) is 18.3 Å². The van der Waals surface area contributed by atoms with E-state index in [-0.39, 0.29) is 13.0 Å². The smallest absolute Gasteiger partial charge is 0.249 e. The Labute approximate surface area is 187 Å². The van der Waals surface area contributed by atoms with Crippen molar-refractivity contribution in [2.24, 2.45) is 0 Å². The summed E-state index contributed by atoms with van der Waals surface area (Å²) < 4.78 is 17.9. The molecule has 3 aliphatic rings. The van der Waals surface area contributed by atoms with Gasteiger partial charge in [-0.25, -0.2) is 0 Å². The number of aliphatic hydroxyl groups excluding tert-OH is 2. The summed E-state index contributed by atoms with van der Waals surface area (Å²) in [7, 11) is 3.30. The monoisotopic (exact) mass is 456 g/mol. The quantitative estimate of drug-likeness (QED) is 0.204. The first-order chi connectivity index (χ1) is 15.2. The summed E-state index contributed by atoms with van der Waals surface area (Å²) >= 11 is 0. The Kier molecular flexibility index (Phi) is 6.95. The number of ether oxygens (including phenoxy) is 3. The topological polar surface area (TPSA) is 160 Å². The molecule has 10 unspecified atom stereocenters. The van der Waals surface area contributed by atoms with Crippen LogP contribution in [-0.2, 0) is 20.6 Å². The Hall–Kier alpha value is -1.12. The largest absolute Gasteiger partial charge is 0.390 e. The maximum Gasteiger partial charge on any atom is 0.249 e. The number of hydrogen-bond acceptors (Lipinski definition) is 10. The van der Waals surface area contributed by atoms with Gasteiger partial charge in [-0.3, -0.25) is 0 Å². The zero-order chi connectivity index (χ0) is 23.1. The number of fused-ring (bicyclic) bond motifs is 2. The van der Waals surface area contributed by atoms with Gasteiger partial charge in [0.1, 0.15) is 23.9 Å². The fourth-order valence-electron chi connectivity index (χ4n) is 5.27. The molecule has 8 N–H and O–H groups in total. The number of likely N-dealkylation sites (N-methyl/N-ethyl adjacent to an activating group) is 2. The van der Waals surface area contributed by atoms with Gasteiger partial charge in [0, 0.05) is 31.4 Å². The second kappa shape index (κ2) is 9.26. The van der Waals surface area contributed by atoms with Crippen molar-refractivity contribution in [2.75, 3.05) is 27.2 Å². The Balaban J connectivity index is 1.53. The van der Waals surface area contributed by atoms with Gasteiger partial charge >= 0.3 is 0 Å². The number of rotatable bonds is 7. The predicted molar refractivity (Wildman–Crippen MR) is 114 cm³/mol. The third-order valence-corrected chi connectivity index (χ3v) is 7.00. The molecule has 0 radical (unpaired) electrons. The van der Waals surface area contributed by atoms with Crippen LogP contribution in [0.2, 0.25) is 0 Å². The highest BCUT2D eigenvalue weighted by molar-refractivity contribution is 5.12. The number of aromatic amines is 1. The summed E-state index contributed by atoms with van der Waals surface area (Å²) in [4.78, 5) is 3.13. The normalized spacial score (nSPS) is 46.5. The van der Waals surface area contributed by atoms with Gasteiger partial charge in [0.2, 0.25) is 12.1 Å². The third kappa shape index (κ3) is 4.00. The molecule has 1 aromatic rings. The van der Waals surface area contributed by atoms with Crippen molar-refractivity contribution >= 4 is 0 Å². The van der Waals surface area contributed by atoms with E-state index in [4.69, 9.17) is 14.2 Å². The molecule has 4 rings (SSSR count). The Morgan fingerprint density at radius 2 is 1.84 bits per heavy atom. The van der Waals surface area contributed by atoms with Gasteiger partial charge in [-0.05, 0) is 39.6 Å². The lowest BCUT2D eigenvalue weighted by molar-refractivity contribution is -0.482. The first kappa shape index (κ1) is 24.0. The van der Waals surface area contributed by atoms with E-state index in [0.717, 1.165) is 12.1 Å². The zero-order valence-corrected chi connectivity index (χ0v) is 18.7. The molecule has 10 atom stereocenters. The van der Waals surface area contributed by atoms with Crippen LogP contribution in [0.15, 0.2) is 18.3 Å². The van der Waals surface area contributed by atoms with Gasteiger partial charge < -0.3 is 55.6 Å². The molecule has 3 heterocycles. The van der Waals surface area contributed by atoms with Crippen LogP contribution in [0.4, 0.5) is 0 Å². The minimum Gasteiger partial charge on any atom is -0.390 e. The molecule has 0 aromatic carbocycles. The predicted octanol–water partition coefficient (Wildman–Crippen LogP) is -2.60. The standard InChI is InChI=1S/C21H36N4O7/c1-11-9-20(28,10-24-8-6-12-5-4-7-25-12)21(29)19(30-11)31-18-16(27)13(22-2)15(26)14(23-3)17(18)32-21/h4-5,7,11,13-19,22-29H,6,8-10H2,1-3H3. The molecule has 0 spiro atoms. The minimum atomic E-state index is -2.19. The van der Waals surface area contributed by atoms with Crippen LogP contribution in [0.5, 0.6) is 0 Å². The summed E-state index contributed by atoms with van der Waals surface area (Å²) in [6, 6.07) is 2.57. The molecule has 32 heavy (non-hydrogen) atoms. The lowest BCUT2D eigenvalue weighted by Crippen LogP contribution is -2.81. The van der Waals surface area contributed by atoms with Crippen molar-refractivity contribution in [3.05, 3.63) is 24.0 Å². The molecule has 1 aromatic heterocycles. The van der Waals surface area contributed by atoms with Gasteiger partial charge in [-0.2, -0.15) is 0 Å². The van der Waals surface area contributed by atoms with Crippen LogP contribution in [-0.4, -0.2) is 113 Å². The van der Waals surface area contributed by atoms with Gasteiger partial charge in [0.05, 0.1) is 24.3 Å². The molecule has 0 bridgehead atoms. The van der Waals surface area contributed by atoms with Gasteiger partial charge in [0.15, 0.2) is 0 Å². The van der Waals surface area contributed by atoms with Crippen LogP contribution in [0, 0.1) is 0 Å². The maximum absolute atomic E-state index is 11.6. The molecule has 11 nitrogen and oxygen atoms in total. The summed E-state index contributed by atoms with van der Waals surface area (Å²) in [6.45, 7) is 2.41. The molecule has 2 saturated heterocycles. The molecule has 1 aliphatic carbocycles. The number of H-pyrrole nitrogens is 1. The fourth-order valence-corrected chi connectivity index (χ4v) is 5.27. The van der Waals surface area contributed by atoms with Crippen molar-refractivity contribution in [1.82, 2.24) is 20.9 Å². The highest BCUT2D eigenvalue weighted by atomic mass is 16.8. The maximum atomic E-state index is 11.6. The van der Waals surface area contributed by atoms with Gasteiger partial charge in [-0.15, -0.1) is 0 Å². The van der Waals surface area contributed by atoms with E-state index >= 15 is 0 Å². The van der Waals surface area contributed by atoms with E-state index in [1.54, 1.807) is 21.0 Å². The molecule has 1 saturated carbocycles. The number of hydrogen-bond donors (Lipinski definition) is 8. The average Bonchev–Trinajstić information content (AvgIpc) is 3.26. The SMILES string of the molecule is CNC1C(O)C(NC)C2OC3(O)C(OC(C)CC3(O)CNCCc3ccc[nH]3)OC2C1O. The molecule has 182 valence electrons. The van der Waals surface area contributed by atoms with Crippen molar-refractivity contribution in [2.45, 2.75) is 80.0 Å². The van der Waals surface area contributed by atoms with Crippen LogP contribution < -0.4 is 16.0 Å². The lowest BCUT2D eigenvalue weighted by atomic mass is 9.77. The second-order valence-corrected chi connectivity index (χ2v) is 9.13. The van der Waals surface area contributed by atoms with Crippen molar-refractivity contribution in [3.8, 4) is 0 Å². The molecular formula is C21H36N4O7. The number of nitrogens with one attached hydrogen (secondary N) is 4. The average molecular weight is 457 g/mol. The van der Waals surface area contributed by atoms with Crippen LogP contribution in [0.1, 0.15) is 19.0 Å². The van der Waals surface area contributed by atoms with E-state index in [0.29, 0.717) is 6.54 Å². The fraction of sp³-hybridized carbons (Fsp3) is 0.810. The molecular weight excluding hydrogens is 420 g/mol. The Morgan fingerprint density at radius 3 is 2.50 bits per heavy atom. The zero-order valence-electron chi connectivity index (χ0n) is 18.7. The van der Waals surface area contributed by atoms with E-state index < -0.39 is 60.3 Å². The molecule has 0 amide bonds. The van der Waals surface area contributed by atoms with Gasteiger partial charge in [0.25, 0.3) is 0 Å². The second-order valence-electron chi connectivity index (χ2n) is 9.13. The summed E-state index contributed by atoms with van der Waals surface area (Å²) in [5, 5.41) is 53.8. The summed E-state index contributed by atoms with van der Waals surface area (Å²) in [5.41, 5.74) is -0.660. The number of aliphatic hydroxyl groups is 4. The minimum absolute atomic E-state index is 0.0453. The molecule has 11 heteroatoms. The first-order valence-corrected chi connectivity index (χ1v) is 11.2. The molecule has 2 aliphatic heterocycles. The van der Waals surface area contributed by atoms with E-state index in [2.05, 4.69) is 20.9 Å². The van der Waals surface area contributed by atoms with Gasteiger partial charge in [-0.1, -0.05) is 0 Å². The third-order valence-electron chi connectivity index (χ3n) is 7.00. The first-order valence-electron chi connectivity index (χ1n) is 11.2. The Morgan fingerprint density at radius 1 is 1.09 bits per heavy atom. The van der Waals surface area contributed by atoms with Crippen LogP contribution in [0.25, 0.3) is 0 Å². The summed E-state index contributed by atoms with van der Waals surface area (Å²) in [6.07, 6.45) is -2.95. The van der Waals surface area contributed by atoms with E-state index in [1.165, 1.54) is 0 Å². The Bertz CT molecular complexity index is 755.